The number of aryl methyl sites for hydroxylation is 1. The summed E-state index contributed by atoms with van der Waals surface area (Å²) < 4.78 is 21.2. The molecule has 1 spiro atoms. The monoisotopic (exact) mass is 509 g/mol. The Bertz CT molecular complexity index is 1360. The Balaban J connectivity index is 1.14. The van der Waals surface area contributed by atoms with Gasteiger partial charge < -0.3 is 20.1 Å². The Hall–Kier alpha value is -3.80. The molecule has 3 N–H and O–H groups in total. The van der Waals surface area contributed by atoms with Crippen LogP contribution >= 0.6 is 0 Å². The zero-order valence-corrected chi connectivity index (χ0v) is 20.4. The molecule has 2 amide bonds. The van der Waals surface area contributed by atoms with Gasteiger partial charge >= 0.3 is 0 Å². The number of pyridine rings is 1. The molecule has 2 fully saturated rings. The van der Waals surface area contributed by atoms with Gasteiger partial charge in [-0.25, -0.2) is 9.37 Å². The van der Waals surface area contributed by atoms with Crippen molar-refractivity contribution in [2.45, 2.75) is 56.7 Å². The number of hydrogen-bond donors (Lipinski definition) is 3. The number of aromatic amines is 1. The number of likely N-dealkylation sites (tertiary alicyclic amines) is 1. The molecule has 2 atom stereocenters. The standard InChI is InChI=1S/C25H28FN7O4/c1-37-22-9-16(17(26)12-27-22)18-10-19(31-30-18)24(36)32-6-2-14(11-25(32)4-5-25)23(35)29-20-13-28-33-7-3-15(34)8-21(20)33/h9-10,12-15,34H,2-8,11H2,1H3,(H,29,35)(H,30,31)/t14-,15+/m0/s1. The molecule has 11 nitrogen and oxygen atoms in total. The minimum atomic E-state index is -0.564. The van der Waals surface area contributed by atoms with Crippen molar-refractivity contribution in [3.8, 4) is 17.1 Å². The van der Waals surface area contributed by atoms with Crippen LogP contribution in [0.25, 0.3) is 11.3 Å². The molecule has 1 aliphatic carbocycles. The number of nitrogens with one attached hydrogen (secondary N) is 2. The smallest absolute Gasteiger partial charge is 0.272 e. The fraction of sp³-hybridized carbons (Fsp3) is 0.480. The molecule has 12 heteroatoms. The Morgan fingerprint density at radius 2 is 2.08 bits per heavy atom. The van der Waals surface area contributed by atoms with Crippen molar-refractivity contribution in [3.63, 3.8) is 0 Å². The lowest BCUT2D eigenvalue weighted by Crippen LogP contribution is -2.50. The maximum absolute atomic E-state index is 14.3. The summed E-state index contributed by atoms with van der Waals surface area (Å²) >= 11 is 0. The van der Waals surface area contributed by atoms with Crippen LogP contribution in [0.15, 0.2) is 24.5 Å². The predicted octanol–water partition coefficient (Wildman–Crippen LogP) is 2.15. The quantitative estimate of drug-likeness (QED) is 0.479. The number of carbonyl (C=O) groups is 2. The molecule has 0 radical (unpaired) electrons. The van der Waals surface area contributed by atoms with Gasteiger partial charge in [-0.1, -0.05) is 0 Å². The zero-order valence-electron chi connectivity index (χ0n) is 20.4. The van der Waals surface area contributed by atoms with Crippen LogP contribution in [0.2, 0.25) is 0 Å². The van der Waals surface area contributed by atoms with E-state index in [0.717, 1.165) is 24.7 Å². The highest BCUT2D eigenvalue weighted by Gasteiger charge is 2.54. The lowest BCUT2D eigenvalue weighted by Gasteiger charge is -2.39. The van der Waals surface area contributed by atoms with Crippen LogP contribution in [0.4, 0.5) is 10.1 Å². The lowest BCUT2D eigenvalue weighted by atomic mass is 9.87. The highest BCUT2D eigenvalue weighted by molar-refractivity contribution is 5.96. The molecule has 0 aromatic carbocycles. The molecule has 3 aromatic heterocycles. The van der Waals surface area contributed by atoms with E-state index in [1.54, 1.807) is 6.20 Å². The van der Waals surface area contributed by atoms with E-state index in [2.05, 4.69) is 25.6 Å². The summed E-state index contributed by atoms with van der Waals surface area (Å²) in [5.74, 6) is -0.842. The fourth-order valence-electron chi connectivity index (χ4n) is 5.55. The maximum Gasteiger partial charge on any atom is 0.272 e. The molecule has 194 valence electrons. The number of carbonyl (C=O) groups excluding carboxylic acids is 2. The number of aliphatic hydroxyl groups excluding tert-OH is 1. The summed E-state index contributed by atoms with van der Waals surface area (Å²) in [5, 5.41) is 24.3. The van der Waals surface area contributed by atoms with Gasteiger partial charge in [0.25, 0.3) is 5.91 Å². The van der Waals surface area contributed by atoms with Gasteiger partial charge in [-0.2, -0.15) is 10.2 Å². The van der Waals surface area contributed by atoms with Crippen molar-refractivity contribution in [1.82, 2.24) is 29.9 Å². The first kappa shape index (κ1) is 23.6. The minimum absolute atomic E-state index is 0.0832. The van der Waals surface area contributed by atoms with E-state index in [1.165, 1.54) is 19.2 Å². The van der Waals surface area contributed by atoms with E-state index in [4.69, 9.17) is 4.74 Å². The summed E-state index contributed by atoms with van der Waals surface area (Å²) in [5.41, 5.74) is 1.88. The van der Waals surface area contributed by atoms with E-state index in [0.29, 0.717) is 44.5 Å². The van der Waals surface area contributed by atoms with Crippen molar-refractivity contribution in [1.29, 1.82) is 0 Å². The van der Waals surface area contributed by atoms with Crippen LogP contribution in [-0.4, -0.2) is 72.1 Å². The summed E-state index contributed by atoms with van der Waals surface area (Å²) in [6.07, 6.45) is 6.16. The third-order valence-electron chi connectivity index (χ3n) is 7.78. The van der Waals surface area contributed by atoms with Gasteiger partial charge in [-0.15, -0.1) is 0 Å². The second kappa shape index (κ2) is 8.94. The number of ether oxygens (including phenoxy) is 1. The average Bonchev–Trinajstić information content (AvgIpc) is 3.30. The van der Waals surface area contributed by atoms with Gasteiger partial charge in [0.15, 0.2) is 5.82 Å². The first-order chi connectivity index (χ1) is 17.9. The maximum atomic E-state index is 14.3. The number of anilines is 1. The number of rotatable bonds is 5. The van der Waals surface area contributed by atoms with Gasteiger partial charge in [0.05, 0.1) is 42.7 Å². The Labute approximate surface area is 212 Å². The molecular formula is C25H28FN7O4. The zero-order chi connectivity index (χ0) is 25.7. The fourth-order valence-corrected chi connectivity index (χ4v) is 5.55. The van der Waals surface area contributed by atoms with Gasteiger partial charge in [-0.3, -0.25) is 19.4 Å². The predicted molar refractivity (Wildman–Crippen MR) is 129 cm³/mol. The molecule has 1 saturated carbocycles. The second-order valence-electron chi connectivity index (χ2n) is 10.1. The number of aromatic nitrogens is 5. The van der Waals surface area contributed by atoms with Crippen LogP contribution < -0.4 is 10.1 Å². The Morgan fingerprint density at radius 3 is 2.86 bits per heavy atom. The molecule has 5 heterocycles. The third kappa shape index (κ3) is 4.24. The summed E-state index contributed by atoms with van der Waals surface area (Å²) in [6, 6.07) is 2.97. The van der Waals surface area contributed by atoms with E-state index < -0.39 is 11.9 Å². The molecule has 2 aliphatic heterocycles. The molecule has 1 saturated heterocycles. The first-order valence-electron chi connectivity index (χ1n) is 12.5. The second-order valence-corrected chi connectivity index (χ2v) is 10.1. The Kier molecular flexibility index (Phi) is 5.70. The van der Waals surface area contributed by atoms with E-state index in [9.17, 15) is 19.1 Å². The highest BCUT2D eigenvalue weighted by atomic mass is 19.1. The number of piperidine rings is 1. The number of fused-ring (bicyclic) bond motifs is 1. The molecule has 0 unspecified atom stereocenters. The van der Waals surface area contributed by atoms with Gasteiger partial charge in [0.1, 0.15) is 5.69 Å². The minimum Gasteiger partial charge on any atom is -0.481 e. The third-order valence-corrected chi connectivity index (χ3v) is 7.78. The largest absolute Gasteiger partial charge is 0.481 e. The van der Waals surface area contributed by atoms with Crippen LogP contribution in [0, 0.1) is 11.7 Å². The van der Waals surface area contributed by atoms with Crippen molar-refractivity contribution >= 4 is 17.5 Å². The SMILES string of the molecule is COc1cc(-c2cc(C(=O)N3CC[C@H](C(=O)Nc4cnn5c4C[C@H](O)CC5)CC34CC4)[nH]n2)c(F)cn1. The van der Waals surface area contributed by atoms with Gasteiger partial charge in [-0.05, 0) is 38.2 Å². The van der Waals surface area contributed by atoms with Crippen LogP contribution in [0.3, 0.4) is 0 Å². The number of methoxy groups -OCH3 is 1. The van der Waals surface area contributed by atoms with Crippen molar-refractivity contribution in [2.24, 2.45) is 5.92 Å². The van der Waals surface area contributed by atoms with Gasteiger partial charge in [0.2, 0.25) is 11.8 Å². The summed E-state index contributed by atoms with van der Waals surface area (Å²) in [4.78, 5) is 32.2. The Morgan fingerprint density at radius 1 is 1.24 bits per heavy atom. The summed E-state index contributed by atoms with van der Waals surface area (Å²) in [6.45, 7) is 1.07. The van der Waals surface area contributed by atoms with E-state index in [1.807, 2.05) is 9.58 Å². The highest BCUT2D eigenvalue weighted by Crippen LogP contribution is 2.50. The molecule has 6 rings (SSSR count). The number of amides is 2. The normalized spacial score (nSPS) is 22.0. The summed E-state index contributed by atoms with van der Waals surface area (Å²) in [7, 11) is 1.44. The molecule has 0 bridgehead atoms. The number of aliphatic hydroxyl groups is 1. The topological polar surface area (TPSA) is 138 Å². The molecule has 3 aliphatic rings. The van der Waals surface area contributed by atoms with E-state index in [-0.39, 0.29) is 46.1 Å². The average molecular weight is 510 g/mol. The molecule has 3 aromatic rings. The first-order valence-corrected chi connectivity index (χ1v) is 12.5. The van der Waals surface area contributed by atoms with Crippen LogP contribution in [0.1, 0.15) is 48.3 Å². The van der Waals surface area contributed by atoms with Crippen molar-refractivity contribution < 1.29 is 23.8 Å². The lowest BCUT2D eigenvalue weighted by molar-refractivity contribution is -0.122. The number of halogens is 1. The molecule has 37 heavy (non-hydrogen) atoms. The molecular weight excluding hydrogens is 481 g/mol. The van der Waals surface area contributed by atoms with E-state index >= 15 is 0 Å². The van der Waals surface area contributed by atoms with Crippen LogP contribution in [0.5, 0.6) is 5.88 Å². The van der Waals surface area contributed by atoms with Crippen molar-refractivity contribution in [3.05, 3.63) is 41.7 Å². The van der Waals surface area contributed by atoms with Gasteiger partial charge in [0, 0.05) is 42.6 Å². The number of H-pyrrole nitrogens is 1. The number of hydrogen-bond acceptors (Lipinski definition) is 7. The van der Waals surface area contributed by atoms with Crippen LogP contribution in [-0.2, 0) is 17.8 Å². The number of nitrogens with zero attached hydrogens (tertiary/aromatic N) is 5. The van der Waals surface area contributed by atoms with Crippen molar-refractivity contribution in [2.75, 3.05) is 19.0 Å².